The van der Waals surface area contributed by atoms with E-state index in [1.165, 1.54) is 12.0 Å². The molecule has 0 aliphatic carbocycles. The van der Waals surface area contributed by atoms with Gasteiger partial charge in [0.25, 0.3) is 0 Å². The number of nitrogens with two attached hydrogens (primary N) is 1. The summed E-state index contributed by atoms with van der Waals surface area (Å²) in [5.41, 5.74) is 7.61. The second-order valence-corrected chi connectivity index (χ2v) is 3.47. The molecule has 1 saturated heterocycles. The normalized spacial score (nSPS) is 22.9. The number of pyridine rings is 1. The molecule has 2 heterocycles. The fourth-order valence-electron chi connectivity index (χ4n) is 1.70. The Hall–Kier alpha value is -1.09. The van der Waals surface area contributed by atoms with Gasteiger partial charge in [-0.1, -0.05) is 0 Å². The van der Waals surface area contributed by atoms with Crippen LogP contribution in [-0.4, -0.2) is 18.2 Å². The van der Waals surface area contributed by atoms with Crippen molar-refractivity contribution in [1.29, 1.82) is 0 Å². The van der Waals surface area contributed by atoms with Crippen LogP contribution in [0.1, 0.15) is 24.3 Å². The largest absolute Gasteiger partial charge is 0.397 e. The number of aromatic nitrogens is 1. The number of anilines is 1. The van der Waals surface area contributed by atoms with E-state index >= 15 is 0 Å². The molecule has 13 heavy (non-hydrogen) atoms. The predicted molar refractivity (Wildman–Crippen MR) is 51.4 cm³/mol. The molecule has 2 rings (SSSR count). The molecule has 3 nitrogen and oxygen atoms in total. The first kappa shape index (κ1) is 8.51. The lowest BCUT2D eigenvalue weighted by molar-refractivity contribution is 0.0804. The van der Waals surface area contributed by atoms with Crippen molar-refractivity contribution in [3.8, 4) is 0 Å². The molecule has 0 radical (unpaired) electrons. The minimum atomic E-state index is 0.491. The van der Waals surface area contributed by atoms with Crippen molar-refractivity contribution in [2.45, 2.75) is 18.8 Å². The van der Waals surface area contributed by atoms with Gasteiger partial charge < -0.3 is 10.5 Å². The zero-order valence-corrected chi connectivity index (χ0v) is 7.57. The first-order chi connectivity index (χ1) is 6.36. The quantitative estimate of drug-likeness (QED) is 0.710. The average Bonchev–Trinajstić information content (AvgIpc) is 2.19. The van der Waals surface area contributed by atoms with Crippen molar-refractivity contribution in [2.24, 2.45) is 0 Å². The van der Waals surface area contributed by atoms with Gasteiger partial charge in [-0.15, -0.1) is 0 Å². The number of hydrogen-bond acceptors (Lipinski definition) is 3. The SMILES string of the molecule is Nc1cncc(C2CCCOC2)c1. The summed E-state index contributed by atoms with van der Waals surface area (Å²) in [5, 5.41) is 0. The van der Waals surface area contributed by atoms with Crippen molar-refractivity contribution in [3.05, 3.63) is 24.0 Å². The Balaban J connectivity index is 2.14. The van der Waals surface area contributed by atoms with Crippen molar-refractivity contribution in [1.82, 2.24) is 4.98 Å². The molecule has 0 aromatic carbocycles. The third-order valence-corrected chi connectivity index (χ3v) is 2.41. The van der Waals surface area contributed by atoms with Crippen molar-refractivity contribution >= 4 is 5.69 Å². The molecule has 1 fully saturated rings. The number of nitrogen functional groups attached to an aromatic ring is 1. The lowest BCUT2D eigenvalue weighted by Gasteiger charge is -2.22. The van der Waals surface area contributed by atoms with Gasteiger partial charge in [0.1, 0.15) is 0 Å². The van der Waals surface area contributed by atoms with Crippen molar-refractivity contribution in [2.75, 3.05) is 18.9 Å². The minimum Gasteiger partial charge on any atom is -0.397 e. The predicted octanol–water partition coefficient (Wildman–Crippen LogP) is 1.56. The maximum Gasteiger partial charge on any atom is 0.0535 e. The maximum absolute atomic E-state index is 5.66. The molecule has 0 amide bonds. The standard InChI is InChI=1S/C10H14N2O/c11-10-4-9(5-12-6-10)8-2-1-3-13-7-8/h4-6,8H,1-3,7,11H2. The third kappa shape index (κ3) is 1.98. The summed E-state index contributed by atoms with van der Waals surface area (Å²) in [5.74, 6) is 0.491. The first-order valence-electron chi connectivity index (χ1n) is 4.64. The molecule has 1 aromatic rings. The average molecular weight is 178 g/mol. The van der Waals surface area contributed by atoms with Gasteiger partial charge in [-0.05, 0) is 24.5 Å². The molecule has 0 spiro atoms. The summed E-state index contributed by atoms with van der Waals surface area (Å²) < 4.78 is 5.41. The molecule has 1 aromatic heterocycles. The van der Waals surface area contributed by atoms with Crippen LogP contribution in [0, 0.1) is 0 Å². The van der Waals surface area contributed by atoms with E-state index in [4.69, 9.17) is 10.5 Å². The highest BCUT2D eigenvalue weighted by molar-refractivity contribution is 5.38. The third-order valence-electron chi connectivity index (χ3n) is 2.41. The molecular formula is C10H14N2O. The van der Waals surface area contributed by atoms with Crippen molar-refractivity contribution in [3.63, 3.8) is 0 Å². The van der Waals surface area contributed by atoms with E-state index in [2.05, 4.69) is 4.98 Å². The van der Waals surface area contributed by atoms with Gasteiger partial charge in [0.2, 0.25) is 0 Å². The van der Waals surface area contributed by atoms with Gasteiger partial charge in [-0.3, -0.25) is 4.98 Å². The van der Waals surface area contributed by atoms with Crippen LogP contribution in [0.2, 0.25) is 0 Å². The Bertz CT molecular complexity index is 282. The van der Waals surface area contributed by atoms with E-state index in [0.29, 0.717) is 5.92 Å². The monoisotopic (exact) mass is 178 g/mol. The Morgan fingerprint density at radius 2 is 2.38 bits per heavy atom. The molecule has 1 aliphatic rings. The second kappa shape index (κ2) is 3.75. The van der Waals surface area contributed by atoms with Crippen LogP contribution in [0.25, 0.3) is 0 Å². The van der Waals surface area contributed by atoms with Crippen LogP contribution in [0.5, 0.6) is 0 Å². The molecule has 70 valence electrons. The molecule has 1 atom stereocenters. The Morgan fingerprint density at radius 1 is 1.46 bits per heavy atom. The fourth-order valence-corrected chi connectivity index (χ4v) is 1.70. The summed E-state index contributed by atoms with van der Waals surface area (Å²) in [4.78, 5) is 4.08. The number of ether oxygens (including phenoxy) is 1. The summed E-state index contributed by atoms with van der Waals surface area (Å²) >= 11 is 0. The van der Waals surface area contributed by atoms with Crippen LogP contribution in [0.15, 0.2) is 18.5 Å². The zero-order chi connectivity index (χ0) is 9.10. The van der Waals surface area contributed by atoms with Gasteiger partial charge in [0, 0.05) is 24.9 Å². The Morgan fingerprint density at radius 3 is 3.08 bits per heavy atom. The van der Waals surface area contributed by atoms with Gasteiger partial charge in [0.05, 0.1) is 12.3 Å². The zero-order valence-electron chi connectivity index (χ0n) is 7.57. The molecule has 1 unspecified atom stereocenters. The fraction of sp³-hybridized carbons (Fsp3) is 0.500. The first-order valence-corrected chi connectivity index (χ1v) is 4.64. The summed E-state index contributed by atoms with van der Waals surface area (Å²) in [7, 11) is 0. The Kier molecular flexibility index (Phi) is 2.45. The second-order valence-electron chi connectivity index (χ2n) is 3.47. The van der Waals surface area contributed by atoms with Crippen molar-refractivity contribution < 1.29 is 4.74 Å². The van der Waals surface area contributed by atoms with E-state index in [9.17, 15) is 0 Å². The van der Waals surface area contributed by atoms with E-state index in [1.807, 2.05) is 12.3 Å². The number of nitrogens with zero attached hydrogens (tertiary/aromatic N) is 1. The molecular weight excluding hydrogens is 164 g/mol. The van der Waals surface area contributed by atoms with Crippen LogP contribution in [-0.2, 0) is 4.74 Å². The lowest BCUT2D eigenvalue weighted by Crippen LogP contribution is -2.15. The van der Waals surface area contributed by atoms with E-state index in [0.717, 1.165) is 25.3 Å². The van der Waals surface area contributed by atoms with Gasteiger partial charge in [0.15, 0.2) is 0 Å². The van der Waals surface area contributed by atoms with Crippen LogP contribution in [0.3, 0.4) is 0 Å². The van der Waals surface area contributed by atoms with E-state index in [-0.39, 0.29) is 0 Å². The van der Waals surface area contributed by atoms with Crippen LogP contribution < -0.4 is 5.73 Å². The van der Waals surface area contributed by atoms with Crippen LogP contribution in [0.4, 0.5) is 5.69 Å². The van der Waals surface area contributed by atoms with Gasteiger partial charge in [-0.2, -0.15) is 0 Å². The minimum absolute atomic E-state index is 0.491. The smallest absolute Gasteiger partial charge is 0.0535 e. The van der Waals surface area contributed by atoms with Gasteiger partial charge in [-0.25, -0.2) is 0 Å². The summed E-state index contributed by atoms with van der Waals surface area (Å²) in [6.45, 7) is 1.71. The highest BCUT2D eigenvalue weighted by Gasteiger charge is 2.15. The highest BCUT2D eigenvalue weighted by atomic mass is 16.5. The summed E-state index contributed by atoms with van der Waals surface area (Å²) in [6, 6.07) is 1.99. The van der Waals surface area contributed by atoms with E-state index in [1.54, 1.807) is 6.20 Å². The molecule has 0 bridgehead atoms. The molecule has 3 heteroatoms. The lowest BCUT2D eigenvalue weighted by atomic mass is 9.95. The number of rotatable bonds is 1. The molecule has 0 saturated carbocycles. The highest BCUT2D eigenvalue weighted by Crippen LogP contribution is 2.25. The maximum atomic E-state index is 5.66. The number of hydrogen-bond donors (Lipinski definition) is 1. The topological polar surface area (TPSA) is 48.1 Å². The van der Waals surface area contributed by atoms with E-state index < -0.39 is 0 Å². The molecule has 2 N–H and O–H groups in total. The summed E-state index contributed by atoms with van der Waals surface area (Å²) in [6.07, 6.45) is 5.88. The van der Waals surface area contributed by atoms with Crippen LogP contribution >= 0.6 is 0 Å². The Labute approximate surface area is 77.9 Å². The molecule has 1 aliphatic heterocycles. The van der Waals surface area contributed by atoms with Gasteiger partial charge >= 0.3 is 0 Å².